The maximum Gasteiger partial charge on any atom is 0.0458 e. The summed E-state index contributed by atoms with van der Waals surface area (Å²) in [6.45, 7) is 1.95. The van der Waals surface area contributed by atoms with Gasteiger partial charge in [0.1, 0.15) is 0 Å². The number of aromatic amines is 1. The minimum absolute atomic E-state index is 0.0358. The number of nitrogens with one attached hydrogen (secondary N) is 1. The lowest BCUT2D eigenvalue weighted by Gasteiger charge is -1.98. The van der Waals surface area contributed by atoms with Gasteiger partial charge < -0.3 is 16.5 Å². The molecule has 3 heteroatoms. The lowest BCUT2D eigenvalue weighted by molar-refractivity contribution is 0.792. The first-order valence-electron chi connectivity index (χ1n) is 4.30. The maximum absolute atomic E-state index is 5.75. The van der Waals surface area contributed by atoms with Gasteiger partial charge in [0.25, 0.3) is 0 Å². The Labute approximate surface area is 76.7 Å². The molecule has 0 saturated heterocycles. The van der Waals surface area contributed by atoms with E-state index in [1.54, 1.807) is 0 Å². The molecule has 0 aliphatic rings. The van der Waals surface area contributed by atoms with E-state index in [0.29, 0.717) is 0 Å². The molecule has 0 amide bonds. The molecule has 5 N–H and O–H groups in total. The minimum Gasteiger partial charge on any atom is -0.399 e. The van der Waals surface area contributed by atoms with E-state index in [1.807, 2.05) is 31.2 Å². The van der Waals surface area contributed by atoms with E-state index >= 15 is 0 Å². The van der Waals surface area contributed by atoms with Crippen LogP contribution in [0.25, 0.3) is 10.9 Å². The second-order valence-electron chi connectivity index (χ2n) is 3.36. The zero-order valence-electron chi connectivity index (χ0n) is 7.54. The molecule has 0 fully saturated rings. The molecule has 1 atom stereocenters. The predicted molar refractivity (Wildman–Crippen MR) is 55.3 cm³/mol. The molecule has 2 aromatic rings. The molecular formula is C10H13N3. The van der Waals surface area contributed by atoms with Crippen LogP contribution in [-0.4, -0.2) is 4.98 Å². The quantitative estimate of drug-likeness (QED) is 0.578. The van der Waals surface area contributed by atoms with Crippen LogP contribution in [0.5, 0.6) is 0 Å². The van der Waals surface area contributed by atoms with Gasteiger partial charge in [0.2, 0.25) is 0 Å². The Kier molecular flexibility index (Phi) is 1.74. The number of hydrogen-bond acceptors (Lipinski definition) is 2. The molecule has 2 rings (SSSR count). The van der Waals surface area contributed by atoms with Gasteiger partial charge in [-0.15, -0.1) is 0 Å². The molecule has 0 radical (unpaired) electrons. The molecule has 0 aliphatic heterocycles. The van der Waals surface area contributed by atoms with Gasteiger partial charge in [0.15, 0.2) is 0 Å². The van der Waals surface area contributed by atoms with Crippen LogP contribution in [0, 0.1) is 0 Å². The van der Waals surface area contributed by atoms with Crippen LogP contribution in [0.4, 0.5) is 5.69 Å². The Bertz CT molecular complexity index is 429. The highest BCUT2D eigenvalue weighted by Crippen LogP contribution is 2.20. The number of rotatable bonds is 1. The summed E-state index contributed by atoms with van der Waals surface area (Å²) in [6, 6.07) is 7.86. The van der Waals surface area contributed by atoms with Crippen LogP contribution in [0.2, 0.25) is 0 Å². The van der Waals surface area contributed by atoms with Crippen LogP contribution < -0.4 is 11.5 Å². The van der Waals surface area contributed by atoms with Gasteiger partial charge in [0.05, 0.1) is 0 Å². The van der Waals surface area contributed by atoms with Gasteiger partial charge in [-0.2, -0.15) is 0 Å². The van der Waals surface area contributed by atoms with E-state index in [0.717, 1.165) is 22.3 Å². The van der Waals surface area contributed by atoms with Gasteiger partial charge in [-0.1, -0.05) is 0 Å². The summed E-state index contributed by atoms with van der Waals surface area (Å²) in [5, 5.41) is 1.12. The van der Waals surface area contributed by atoms with Crippen molar-refractivity contribution in [2.75, 3.05) is 5.73 Å². The number of aromatic nitrogens is 1. The first-order chi connectivity index (χ1) is 6.16. The SMILES string of the molecule is CC(N)c1cc2cc(N)ccc2[nH]1. The van der Waals surface area contributed by atoms with Crippen molar-refractivity contribution in [3.05, 3.63) is 30.0 Å². The zero-order chi connectivity index (χ0) is 9.42. The normalized spacial score (nSPS) is 13.4. The second kappa shape index (κ2) is 2.78. The topological polar surface area (TPSA) is 67.8 Å². The number of fused-ring (bicyclic) bond motifs is 1. The second-order valence-corrected chi connectivity index (χ2v) is 3.36. The van der Waals surface area contributed by atoms with Gasteiger partial charge in [-0.25, -0.2) is 0 Å². The number of nitrogen functional groups attached to an aromatic ring is 1. The molecule has 13 heavy (non-hydrogen) atoms. The van der Waals surface area contributed by atoms with Gasteiger partial charge >= 0.3 is 0 Å². The van der Waals surface area contributed by atoms with E-state index in [2.05, 4.69) is 4.98 Å². The summed E-state index contributed by atoms with van der Waals surface area (Å²) < 4.78 is 0. The van der Waals surface area contributed by atoms with E-state index in [4.69, 9.17) is 11.5 Å². The first kappa shape index (κ1) is 8.13. The lowest BCUT2D eigenvalue weighted by atomic mass is 10.2. The zero-order valence-corrected chi connectivity index (χ0v) is 7.54. The molecule has 3 nitrogen and oxygen atoms in total. The molecule has 1 aromatic carbocycles. The van der Waals surface area contributed by atoms with Gasteiger partial charge in [-0.05, 0) is 31.2 Å². The Hall–Kier alpha value is -1.48. The van der Waals surface area contributed by atoms with E-state index < -0.39 is 0 Å². The van der Waals surface area contributed by atoms with E-state index in [-0.39, 0.29) is 6.04 Å². The Morgan fingerprint density at radius 1 is 1.31 bits per heavy atom. The number of hydrogen-bond donors (Lipinski definition) is 3. The third-order valence-electron chi connectivity index (χ3n) is 2.16. The van der Waals surface area contributed by atoms with Gasteiger partial charge in [0, 0.05) is 28.3 Å². The molecule has 1 aromatic heterocycles. The van der Waals surface area contributed by atoms with Gasteiger partial charge in [-0.3, -0.25) is 0 Å². The smallest absolute Gasteiger partial charge is 0.0458 e. The fourth-order valence-electron chi connectivity index (χ4n) is 1.42. The third kappa shape index (κ3) is 1.38. The monoisotopic (exact) mass is 175 g/mol. The molecule has 0 spiro atoms. The molecule has 0 bridgehead atoms. The Morgan fingerprint density at radius 3 is 2.77 bits per heavy atom. The standard InChI is InChI=1S/C10H13N3/c1-6(11)10-5-7-4-8(12)2-3-9(7)13-10/h2-6,13H,11-12H2,1H3. The van der Waals surface area contributed by atoms with Crippen molar-refractivity contribution in [3.8, 4) is 0 Å². The van der Waals surface area contributed by atoms with Crippen molar-refractivity contribution < 1.29 is 0 Å². The number of benzene rings is 1. The summed E-state index contributed by atoms with van der Waals surface area (Å²) in [6.07, 6.45) is 0. The van der Waals surface area contributed by atoms with Crippen LogP contribution in [0.1, 0.15) is 18.7 Å². The Morgan fingerprint density at radius 2 is 2.08 bits per heavy atom. The fraction of sp³-hybridized carbons (Fsp3) is 0.200. The number of nitrogens with two attached hydrogens (primary N) is 2. The summed E-state index contributed by atoms with van der Waals surface area (Å²) in [5.41, 5.74) is 14.3. The summed E-state index contributed by atoms with van der Waals surface area (Å²) in [7, 11) is 0. The van der Waals surface area contributed by atoms with Crippen LogP contribution in [-0.2, 0) is 0 Å². The average molecular weight is 175 g/mol. The highest BCUT2D eigenvalue weighted by molar-refractivity contribution is 5.83. The molecule has 1 heterocycles. The third-order valence-corrected chi connectivity index (χ3v) is 2.16. The molecule has 0 saturated carbocycles. The maximum atomic E-state index is 5.75. The van der Waals surface area contributed by atoms with Crippen molar-refractivity contribution in [2.24, 2.45) is 5.73 Å². The van der Waals surface area contributed by atoms with E-state index in [9.17, 15) is 0 Å². The molecule has 68 valence electrons. The summed E-state index contributed by atoms with van der Waals surface area (Å²) >= 11 is 0. The molecular weight excluding hydrogens is 162 g/mol. The number of H-pyrrole nitrogens is 1. The first-order valence-corrected chi connectivity index (χ1v) is 4.30. The van der Waals surface area contributed by atoms with Crippen molar-refractivity contribution in [1.29, 1.82) is 0 Å². The van der Waals surface area contributed by atoms with Crippen molar-refractivity contribution in [2.45, 2.75) is 13.0 Å². The van der Waals surface area contributed by atoms with Crippen molar-refractivity contribution in [1.82, 2.24) is 4.98 Å². The largest absolute Gasteiger partial charge is 0.399 e. The minimum atomic E-state index is 0.0358. The van der Waals surface area contributed by atoms with E-state index in [1.165, 1.54) is 0 Å². The summed E-state index contributed by atoms with van der Waals surface area (Å²) in [5.74, 6) is 0. The van der Waals surface area contributed by atoms with Crippen molar-refractivity contribution in [3.63, 3.8) is 0 Å². The summed E-state index contributed by atoms with van der Waals surface area (Å²) in [4.78, 5) is 3.24. The van der Waals surface area contributed by atoms with Crippen LogP contribution in [0.3, 0.4) is 0 Å². The van der Waals surface area contributed by atoms with Crippen molar-refractivity contribution >= 4 is 16.6 Å². The highest BCUT2D eigenvalue weighted by atomic mass is 14.8. The molecule has 0 aliphatic carbocycles. The van der Waals surface area contributed by atoms with Crippen LogP contribution in [0.15, 0.2) is 24.3 Å². The average Bonchev–Trinajstić information content (AvgIpc) is 2.46. The Balaban J connectivity index is 2.62. The highest BCUT2D eigenvalue weighted by Gasteiger charge is 2.03. The number of anilines is 1. The predicted octanol–water partition coefficient (Wildman–Crippen LogP) is 1.77. The van der Waals surface area contributed by atoms with Crippen LogP contribution >= 0.6 is 0 Å². The fourth-order valence-corrected chi connectivity index (χ4v) is 1.42. The lowest BCUT2D eigenvalue weighted by Crippen LogP contribution is -2.04. The molecule has 1 unspecified atom stereocenters.